The Balaban J connectivity index is 1.95. The zero-order valence-corrected chi connectivity index (χ0v) is 15.3. The maximum atomic E-state index is 12.2. The van der Waals surface area contributed by atoms with Gasteiger partial charge in [-0.15, -0.1) is 0 Å². The van der Waals surface area contributed by atoms with Crippen LogP contribution in [0, 0.1) is 11.8 Å². The van der Waals surface area contributed by atoms with Crippen LogP contribution in [0.1, 0.15) is 30.6 Å². The average Bonchev–Trinajstić information content (AvgIpc) is 2.51. The molecule has 126 valence electrons. The molecule has 0 aromatic heterocycles. The van der Waals surface area contributed by atoms with Crippen molar-refractivity contribution in [3.63, 3.8) is 0 Å². The Labute approximate surface area is 145 Å². The van der Waals surface area contributed by atoms with Crippen LogP contribution in [-0.4, -0.2) is 43.6 Å². The van der Waals surface area contributed by atoms with Crippen LogP contribution in [0.3, 0.4) is 0 Å². The third-order valence-corrected chi connectivity index (χ3v) is 4.63. The number of esters is 1. The number of carbonyl (C=O) groups is 2. The summed E-state index contributed by atoms with van der Waals surface area (Å²) in [6.45, 7) is 5.49. The van der Waals surface area contributed by atoms with Gasteiger partial charge in [0.1, 0.15) is 5.75 Å². The number of hydrogen-bond donors (Lipinski definition) is 0. The first-order chi connectivity index (χ1) is 10.9. The van der Waals surface area contributed by atoms with Crippen LogP contribution >= 0.6 is 15.9 Å². The van der Waals surface area contributed by atoms with Crippen molar-refractivity contribution < 1.29 is 19.1 Å². The molecule has 0 saturated carbocycles. The summed E-state index contributed by atoms with van der Waals surface area (Å²) in [6, 6.07) is 5.04. The van der Waals surface area contributed by atoms with Gasteiger partial charge in [0.2, 0.25) is 0 Å². The number of carbonyl (C=O) groups excluding carboxylic acids is 2. The Bertz CT molecular complexity index is 580. The monoisotopic (exact) mass is 383 g/mol. The lowest BCUT2D eigenvalue weighted by Crippen LogP contribution is -2.44. The van der Waals surface area contributed by atoms with E-state index in [2.05, 4.69) is 29.8 Å². The fraction of sp³-hybridized carbons (Fsp3) is 0.529. The molecule has 0 unspecified atom stereocenters. The number of amides is 1. The molecule has 1 aromatic rings. The summed E-state index contributed by atoms with van der Waals surface area (Å²) in [4.78, 5) is 26.2. The molecule has 1 heterocycles. The standard InChI is InChI=1S/C17H22BrNO4/c1-11-6-12(2)9-19(8-11)16(20)10-23-17(21)14-7-13(22-3)4-5-15(14)18/h4-5,7,11-12H,6,8-10H2,1-3H3/t11-,12-/m1/s1. The van der Waals surface area contributed by atoms with Crippen LogP contribution in [0.15, 0.2) is 22.7 Å². The zero-order chi connectivity index (χ0) is 17.0. The SMILES string of the molecule is COc1ccc(Br)c(C(=O)OCC(=O)N2C[C@H](C)C[C@@H](C)C2)c1. The number of nitrogens with zero attached hydrogens (tertiary/aromatic N) is 1. The molecule has 5 nitrogen and oxygen atoms in total. The molecule has 0 aliphatic carbocycles. The molecule has 0 radical (unpaired) electrons. The van der Waals surface area contributed by atoms with Crippen molar-refractivity contribution in [2.45, 2.75) is 20.3 Å². The summed E-state index contributed by atoms with van der Waals surface area (Å²) in [6.07, 6.45) is 1.13. The van der Waals surface area contributed by atoms with E-state index in [1.807, 2.05) is 0 Å². The third kappa shape index (κ3) is 4.70. The van der Waals surface area contributed by atoms with E-state index in [-0.39, 0.29) is 12.5 Å². The second-order valence-corrected chi connectivity index (χ2v) is 7.02. The van der Waals surface area contributed by atoms with Gasteiger partial charge in [-0.2, -0.15) is 0 Å². The normalized spacial score (nSPS) is 21.0. The minimum Gasteiger partial charge on any atom is -0.497 e. The van der Waals surface area contributed by atoms with Gasteiger partial charge in [0, 0.05) is 17.6 Å². The number of benzene rings is 1. The van der Waals surface area contributed by atoms with E-state index < -0.39 is 5.97 Å². The minimum atomic E-state index is -0.540. The molecular formula is C17H22BrNO4. The second kappa shape index (κ2) is 7.81. The van der Waals surface area contributed by atoms with Gasteiger partial charge in [0.15, 0.2) is 6.61 Å². The van der Waals surface area contributed by atoms with Crippen LogP contribution in [0.5, 0.6) is 5.75 Å². The highest BCUT2D eigenvalue weighted by Crippen LogP contribution is 2.24. The van der Waals surface area contributed by atoms with Gasteiger partial charge in [-0.25, -0.2) is 4.79 Å². The molecule has 1 fully saturated rings. The lowest BCUT2D eigenvalue weighted by atomic mass is 9.92. The largest absolute Gasteiger partial charge is 0.497 e. The summed E-state index contributed by atoms with van der Waals surface area (Å²) < 4.78 is 10.9. The van der Waals surface area contributed by atoms with Crippen molar-refractivity contribution in [2.24, 2.45) is 11.8 Å². The smallest absolute Gasteiger partial charge is 0.339 e. The fourth-order valence-electron chi connectivity index (χ4n) is 2.95. The number of hydrogen-bond acceptors (Lipinski definition) is 4. The first-order valence-electron chi connectivity index (χ1n) is 7.69. The first-order valence-corrected chi connectivity index (χ1v) is 8.48. The highest BCUT2D eigenvalue weighted by atomic mass is 79.9. The molecule has 1 amide bonds. The molecule has 0 bridgehead atoms. The van der Waals surface area contributed by atoms with Gasteiger partial charge in [-0.1, -0.05) is 13.8 Å². The van der Waals surface area contributed by atoms with Crippen molar-refractivity contribution >= 4 is 27.8 Å². The Kier molecular flexibility index (Phi) is 6.04. The molecule has 1 aromatic carbocycles. The molecule has 0 spiro atoms. The fourth-order valence-corrected chi connectivity index (χ4v) is 3.36. The Morgan fingerprint density at radius 3 is 2.52 bits per heavy atom. The van der Waals surface area contributed by atoms with Crippen LogP contribution in [0.2, 0.25) is 0 Å². The zero-order valence-electron chi connectivity index (χ0n) is 13.7. The molecule has 1 saturated heterocycles. The van der Waals surface area contributed by atoms with Crippen molar-refractivity contribution in [3.8, 4) is 5.75 Å². The van der Waals surface area contributed by atoms with Gasteiger partial charge in [-0.05, 0) is 52.4 Å². The summed E-state index contributed by atoms with van der Waals surface area (Å²) >= 11 is 3.31. The maximum absolute atomic E-state index is 12.2. The number of piperidine rings is 1. The third-order valence-electron chi connectivity index (χ3n) is 3.94. The number of ether oxygens (including phenoxy) is 2. The van der Waals surface area contributed by atoms with Crippen LogP contribution in [0.4, 0.5) is 0 Å². The average molecular weight is 384 g/mol. The van der Waals surface area contributed by atoms with Gasteiger partial charge >= 0.3 is 5.97 Å². The van der Waals surface area contributed by atoms with Crippen LogP contribution < -0.4 is 4.74 Å². The quantitative estimate of drug-likeness (QED) is 0.749. The summed E-state index contributed by atoms with van der Waals surface area (Å²) in [7, 11) is 1.53. The predicted octanol–water partition coefficient (Wildman–Crippen LogP) is 3.12. The Morgan fingerprint density at radius 1 is 1.26 bits per heavy atom. The molecule has 2 atom stereocenters. The van der Waals surface area contributed by atoms with E-state index in [4.69, 9.17) is 9.47 Å². The van der Waals surface area contributed by atoms with E-state index >= 15 is 0 Å². The van der Waals surface area contributed by atoms with E-state index in [1.165, 1.54) is 7.11 Å². The van der Waals surface area contributed by atoms with Gasteiger partial charge in [0.05, 0.1) is 12.7 Å². The van der Waals surface area contributed by atoms with Crippen molar-refractivity contribution in [1.82, 2.24) is 4.90 Å². The van der Waals surface area contributed by atoms with Gasteiger partial charge in [0.25, 0.3) is 5.91 Å². The predicted molar refractivity (Wildman–Crippen MR) is 90.5 cm³/mol. The minimum absolute atomic E-state index is 0.143. The van der Waals surface area contributed by atoms with E-state index in [0.29, 0.717) is 27.6 Å². The molecule has 23 heavy (non-hydrogen) atoms. The molecular weight excluding hydrogens is 362 g/mol. The first kappa shape index (κ1) is 17.8. The van der Waals surface area contributed by atoms with Crippen molar-refractivity contribution in [1.29, 1.82) is 0 Å². The number of halogens is 1. The number of methoxy groups -OCH3 is 1. The number of rotatable bonds is 4. The lowest BCUT2D eigenvalue weighted by molar-refractivity contribution is -0.137. The summed E-state index contributed by atoms with van der Waals surface area (Å²) in [5.41, 5.74) is 0.345. The highest BCUT2D eigenvalue weighted by Gasteiger charge is 2.26. The highest BCUT2D eigenvalue weighted by molar-refractivity contribution is 9.10. The molecule has 1 aliphatic rings. The lowest BCUT2D eigenvalue weighted by Gasteiger charge is -2.34. The van der Waals surface area contributed by atoms with E-state index in [9.17, 15) is 9.59 Å². The van der Waals surface area contributed by atoms with Crippen molar-refractivity contribution in [2.75, 3.05) is 26.8 Å². The molecule has 1 aliphatic heterocycles. The Morgan fingerprint density at radius 2 is 1.91 bits per heavy atom. The second-order valence-electron chi connectivity index (χ2n) is 6.17. The molecule has 0 N–H and O–H groups in total. The van der Waals surface area contributed by atoms with Crippen molar-refractivity contribution in [3.05, 3.63) is 28.2 Å². The molecule has 2 rings (SSSR count). The topological polar surface area (TPSA) is 55.8 Å². The van der Waals surface area contributed by atoms with Gasteiger partial charge in [-0.3, -0.25) is 4.79 Å². The van der Waals surface area contributed by atoms with Crippen LogP contribution in [-0.2, 0) is 9.53 Å². The molecule has 6 heteroatoms. The van der Waals surface area contributed by atoms with E-state index in [0.717, 1.165) is 19.5 Å². The number of likely N-dealkylation sites (tertiary alicyclic amines) is 1. The van der Waals surface area contributed by atoms with E-state index in [1.54, 1.807) is 23.1 Å². The van der Waals surface area contributed by atoms with Gasteiger partial charge < -0.3 is 14.4 Å². The maximum Gasteiger partial charge on any atom is 0.339 e. The summed E-state index contributed by atoms with van der Waals surface area (Å²) in [5, 5.41) is 0. The Hall–Kier alpha value is -1.56. The van der Waals surface area contributed by atoms with Crippen LogP contribution in [0.25, 0.3) is 0 Å². The summed E-state index contributed by atoms with van der Waals surface area (Å²) in [5.74, 6) is 0.833.